The highest BCUT2D eigenvalue weighted by Gasteiger charge is 2.34. The third kappa shape index (κ3) is 6.16. The fourth-order valence-corrected chi connectivity index (χ4v) is 3.66. The van der Waals surface area contributed by atoms with Gasteiger partial charge in [-0.1, -0.05) is 18.2 Å². The van der Waals surface area contributed by atoms with Crippen LogP contribution in [0.3, 0.4) is 0 Å². The van der Waals surface area contributed by atoms with Crippen molar-refractivity contribution in [3.05, 3.63) is 64.8 Å². The molecule has 3 rings (SSSR count). The second-order valence-corrected chi connectivity index (χ2v) is 7.55. The molecule has 7 nitrogen and oxygen atoms in total. The lowest BCUT2D eigenvalue weighted by molar-refractivity contribution is -0.123. The zero-order chi connectivity index (χ0) is 22.2. The van der Waals surface area contributed by atoms with Crippen LogP contribution < -0.4 is 10.1 Å². The molecule has 1 aliphatic rings. The van der Waals surface area contributed by atoms with Crippen LogP contribution in [0.4, 0.5) is 14.9 Å². The van der Waals surface area contributed by atoms with Crippen molar-refractivity contribution in [2.24, 2.45) is 0 Å². The summed E-state index contributed by atoms with van der Waals surface area (Å²) in [6.07, 6.45) is 2.14. The molecule has 0 radical (unpaired) electrons. The van der Waals surface area contributed by atoms with E-state index in [4.69, 9.17) is 9.47 Å². The third-order valence-electron chi connectivity index (χ3n) is 4.30. The van der Waals surface area contributed by atoms with Crippen LogP contribution in [0.15, 0.2) is 53.4 Å². The van der Waals surface area contributed by atoms with Gasteiger partial charge in [-0.2, -0.15) is 0 Å². The standard InChI is InChI=1S/C22H21FN2O5S/c1-29-12-4-11-25-21(27)19(31-22(25)28)13-15-5-2-3-6-18(15)30-14-20(26)24-17-9-7-16(23)8-10-17/h2-3,5-10,13H,4,11-12,14H2,1H3,(H,24,26)/b19-13+. The number of imide groups is 1. The van der Waals surface area contributed by atoms with E-state index in [1.54, 1.807) is 37.5 Å². The Kier molecular flexibility index (Phi) is 7.80. The summed E-state index contributed by atoms with van der Waals surface area (Å²) in [7, 11) is 1.56. The molecule has 2 aromatic rings. The Bertz CT molecular complexity index is 994. The van der Waals surface area contributed by atoms with Crippen molar-refractivity contribution < 1.29 is 28.2 Å². The zero-order valence-electron chi connectivity index (χ0n) is 16.8. The van der Waals surface area contributed by atoms with Gasteiger partial charge in [-0.25, -0.2) is 4.39 Å². The van der Waals surface area contributed by atoms with Gasteiger partial charge in [0, 0.05) is 31.5 Å². The zero-order valence-corrected chi connectivity index (χ0v) is 17.6. The predicted octanol–water partition coefficient (Wildman–Crippen LogP) is 3.92. The highest BCUT2D eigenvalue weighted by molar-refractivity contribution is 8.18. The molecule has 0 unspecified atom stereocenters. The molecule has 0 spiro atoms. The number of nitrogens with zero attached hydrogens (tertiary/aromatic N) is 1. The maximum Gasteiger partial charge on any atom is 0.293 e. The number of para-hydroxylation sites is 1. The Morgan fingerprint density at radius 3 is 2.65 bits per heavy atom. The normalized spacial score (nSPS) is 14.9. The molecular formula is C22H21FN2O5S. The summed E-state index contributed by atoms with van der Waals surface area (Å²) in [5, 5.41) is 2.28. The van der Waals surface area contributed by atoms with Gasteiger partial charge in [0.05, 0.1) is 4.91 Å². The molecule has 3 amide bonds. The van der Waals surface area contributed by atoms with Gasteiger partial charge in [0.1, 0.15) is 11.6 Å². The maximum absolute atomic E-state index is 13.0. The molecule has 0 aromatic heterocycles. The number of nitrogens with one attached hydrogen (secondary N) is 1. The monoisotopic (exact) mass is 444 g/mol. The summed E-state index contributed by atoms with van der Waals surface area (Å²) in [6, 6.07) is 12.3. The van der Waals surface area contributed by atoms with Crippen LogP contribution in [0, 0.1) is 5.82 Å². The van der Waals surface area contributed by atoms with Crippen molar-refractivity contribution in [3.8, 4) is 5.75 Å². The Morgan fingerprint density at radius 2 is 1.90 bits per heavy atom. The van der Waals surface area contributed by atoms with Gasteiger partial charge in [-0.15, -0.1) is 0 Å². The molecular weight excluding hydrogens is 423 g/mol. The quantitative estimate of drug-likeness (QED) is 0.466. The number of thioether (sulfide) groups is 1. The number of rotatable bonds is 9. The summed E-state index contributed by atoms with van der Waals surface area (Å²) in [6.45, 7) is 0.468. The van der Waals surface area contributed by atoms with Crippen LogP contribution in [0.2, 0.25) is 0 Å². The van der Waals surface area contributed by atoms with Crippen LogP contribution >= 0.6 is 11.8 Å². The first-order chi connectivity index (χ1) is 15.0. The van der Waals surface area contributed by atoms with E-state index in [0.29, 0.717) is 30.0 Å². The molecule has 9 heteroatoms. The molecule has 1 N–H and O–H groups in total. The first kappa shape index (κ1) is 22.5. The number of carbonyl (C=O) groups excluding carboxylic acids is 3. The number of amides is 3. The minimum Gasteiger partial charge on any atom is -0.483 e. The van der Waals surface area contributed by atoms with E-state index in [-0.39, 0.29) is 29.2 Å². The summed E-state index contributed by atoms with van der Waals surface area (Å²) in [5.74, 6) is -0.788. The molecule has 0 saturated carbocycles. The lowest BCUT2D eigenvalue weighted by Gasteiger charge is -2.12. The molecule has 1 saturated heterocycles. The minimum absolute atomic E-state index is 0.277. The first-order valence-electron chi connectivity index (χ1n) is 9.49. The van der Waals surface area contributed by atoms with Crippen molar-refractivity contribution in [2.45, 2.75) is 6.42 Å². The van der Waals surface area contributed by atoms with Crippen LogP contribution in [0.5, 0.6) is 5.75 Å². The molecule has 1 aliphatic heterocycles. The van der Waals surface area contributed by atoms with Crippen LogP contribution in [0.25, 0.3) is 6.08 Å². The van der Waals surface area contributed by atoms with Gasteiger partial charge in [0.15, 0.2) is 6.61 Å². The number of halogens is 1. The molecule has 1 fully saturated rings. The second kappa shape index (κ2) is 10.7. The van der Waals surface area contributed by atoms with E-state index < -0.39 is 11.7 Å². The molecule has 31 heavy (non-hydrogen) atoms. The first-order valence-corrected chi connectivity index (χ1v) is 10.3. The smallest absolute Gasteiger partial charge is 0.293 e. The van der Waals surface area contributed by atoms with Crippen LogP contribution in [0.1, 0.15) is 12.0 Å². The van der Waals surface area contributed by atoms with Gasteiger partial charge in [-0.05, 0) is 54.6 Å². The SMILES string of the molecule is COCCCN1C(=O)S/C(=C/c2ccccc2OCC(=O)Nc2ccc(F)cc2)C1=O. The molecule has 0 atom stereocenters. The number of carbonyl (C=O) groups is 3. The van der Waals surface area contributed by atoms with E-state index >= 15 is 0 Å². The van der Waals surface area contributed by atoms with E-state index in [0.717, 1.165) is 11.8 Å². The molecule has 2 aromatic carbocycles. The van der Waals surface area contributed by atoms with Crippen molar-refractivity contribution in [1.29, 1.82) is 0 Å². The topological polar surface area (TPSA) is 84.9 Å². The van der Waals surface area contributed by atoms with Gasteiger partial charge in [0.25, 0.3) is 17.1 Å². The van der Waals surface area contributed by atoms with Gasteiger partial charge < -0.3 is 14.8 Å². The number of hydrogen-bond donors (Lipinski definition) is 1. The van der Waals surface area contributed by atoms with Gasteiger partial charge in [0.2, 0.25) is 0 Å². The highest BCUT2D eigenvalue weighted by atomic mass is 32.2. The number of anilines is 1. The maximum atomic E-state index is 13.0. The average Bonchev–Trinajstić information content (AvgIpc) is 3.02. The highest BCUT2D eigenvalue weighted by Crippen LogP contribution is 2.34. The lowest BCUT2D eigenvalue weighted by Crippen LogP contribution is -2.29. The Hall–Kier alpha value is -3.17. The number of methoxy groups -OCH3 is 1. The predicted molar refractivity (Wildman–Crippen MR) is 116 cm³/mol. The van der Waals surface area contributed by atoms with E-state index in [1.807, 2.05) is 0 Å². The Labute approximate surface area is 183 Å². The lowest BCUT2D eigenvalue weighted by atomic mass is 10.2. The van der Waals surface area contributed by atoms with Crippen molar-refractivity contribution in [2.75, 3.05) is 32.2 Å². The molecule has 0 bridgehead atoms. The number of hydrogen-bond acceptors (Lipinski definition) is 6. The largest absolute Gasteiger partial charge is 0.483 e. The van der Waals surface area contributed by atoms with Crippen LogP contribution in [-0.4, -0.2) is 48.8 Å². The minimum atomic E-state index is -0.417. The summed E-state index contributed by atoms with van der Waals surface area (Å²) < 4.78 is 23.5. The fraction of sp³-hybridized carbons (Fsp3) is 0.227. The van der Waals surface area contributed by atoms with E-state index in [9.17, 15) is 18.8 Å². The summed E-state index contributed by atoms with van der Waals surface area (Å²) >= 11 is 0.863. The Morgan fingerprint density at radius 1 is 1.16 bits per heavy atom. The fourth-order valence-electron chi connectivity index (χ4n) is 2.81. The molecule has 1 heterocycles. The van der Waals surface area contributed by atoms with Gasteiger partial charge in [-0.3, -0.25) is 19.3 Å². The van der Waals surface area contributed by atoms with Crippen molar-refractivity contribution in [3.63, 3.8) is 0 Å². The Balaban J connectivity index is 1.65. The van der Waals surface area contributed by atoms with Crippen LogP contribution in [-0.2, 0) is 14.3 Å². The summed E-state index contributed by atoms with van der Waals surface area (Å²) in [4.78, 5) is 38.3. The van der Waals surface area contributed by atoms with E-state index in [1.165, 1.54) is 29.2 Å². The average molecular weight is 444 g/mol. The van der Waals surface area contributed by atoms with Gasteiger partial charge >= 0.3 is 0 Å². The number of ether oxygens (including phenoxy) is 2. The van der Waals surface area contributed by atoms with Crippen molar-refractivity contribution >= 4 is 40.6 Å². The summed E-state index contributed by atoms with van der Waals surface area (Å²) in [5.41, 5.74) is 1.02. The second-order valence-electron chi connectivity index (χ2n) is 6.56. The molecule has 0 aliphatic carbocycles. The number of benzene rings is 2. The third-order valence-corrected chi connectivity index (χ3v) is 5.20. The van der Waals surface area contributed by atoms with E-state index in [2.05, 4.69) is 5.32 Å². The molecule has 162 valence electrons. The van der Waals surface area contributed by atoms with Crippen molar-refractivity contribution in [1.82, 2.24) is 4.90 Å².